The minimum atomic E-state index is -1.04. The van der Waals surface area contributed by atoms with E-state index >= 15 is 0 Å². The largest absolute Gasteiger partial charge is 0.493 e. The smallest absolute Gasteiger partial charge is 0.325 e. The molecule has 0 aromatic heterocycles. The van der Waals surface area contributed by atoms with Gasteiger partial charge in [-0.05, 0) is 31.0 Å². The molecule has 2 aromatic carbocycles. The molecule has 1 atom stereocenters. The number of fused-ring (bicyclic) bond motifs is 2. The zero-order valence-corrected chi connectivity index (χ0v) is 15.5. The number of amides is 3. The van der Waals surface area contributed by atoms with Crippen LogP contribution in [0.25, 0.3) is 0 Å². The van der Waals surface area contributed by atoms with Gasteiger partial charge in [-0.3, -0.25) is 9.69 Å². The van der Waals surface area contributed by atoms with Crippen molar-refractivity contribution in [1.82, 2.24) is 10.2 Å². The molecule has 140 valence electrons. The summed E-state index contributed by atoms with van der Waals surface area (Å²) < 4.78 is 11.5. The Bertz CT molecular complexity index is 891. The van der Waals surface area contributed by atoms with Crippen LogP contribution in [0.2, 0.25) is 0 Å². The topological polar surface area (TPSA) is 67.9 Å². The van der Waals surface area contributed by atoms with Crippen molar-refractivity contribution in [2.75, 3.05) is 19.8 Å². The van der Waals surface area contributed by atoms with Crippen LogP contribution in [0.4, 0.5) is 4.79 Å². The molecule has 6 heteroatoms. The summed E-state index contributed by atoms with van der Waals surface area (Å²) in [5.41, 5.74) is 1.74. The van der Waals surface area contributed by atoms with Crippen LogP contribution in [0, 0.1) is 13.8 Å². The number of carbonyl (C=O) groups is 2. The number of nitrogens with one attached hydrogen (secondary N) is 1. The molecule has 2 heterocycles. The molecule has 1 saturated heterocycles. The molecule has 4 rings (SSSR count). The molecule has 0 bridgehead atoms. The van der Waals surface area contributed by atoms with Gasteiger partial charge in [-0.15, -0.1) is 0 Å². The lowest BCUT2D eigenvalue weighted by Gasteiger charge is -2.33. The average Bonchev–Trinajstić information content (AvgIpc) is 2.89. The number of para-hydroxylation sites is 2. The number of carbonyl (C=O) groups excluding carboxylic acids is 2. The van der Waals surface area contributed by atoms with Gasteiger partial charge in [-0.2, -0.15) is 0 Å². The summed E-state index contributed by atoms with van der Waals surface area (Å²) in [6, 6.07) is 12.9. The molecule has 1 fully saturated rings. The lowest BCUT2D eigenvalue weighted by Crippen LogP contribution is -2.47. The molecule has 3 amide bonds. The zero-order chi connectivity index (χ0) is 19.0. The molecule has 0 saturated carbocycles. The lowest BCUT2D eigenvalue weighted by atomic mass is 9.84. The van der Waals surface area contributed by atoms with E-state index in [1.54, 1.807) is 0 Å². The Labute approximate surface area is 158 Å². The van der Waals surface area contributed by atoms with Crippen molar-refractivity contribution < 1.29 is 19.1 Å². The van der Waals surface area contributed by atoms with E-state index in [0.29, 0.717) is 24.3 Å². The number of urea groups is 1. The molecular weight excluding hydrogens is 344 g/mol. The van der Waals surface area contributed by atoms with Crippen molar-refractivity contribution in [1.29, 1.82) is 0 Å². The van der Waals surface area contributed by atoms with Crippen LogP contribution >= 0.6 is 0 Å². The first-order valence-corrected chi connectivity index (χ1v) is 9.08. The van der Waals surface area contributed by atoms with E-state index in [0.717, 1.165) is 16.9 Å². The maximum Gasteiger partial charge on any atom is 0.325 e. The van der Waals surface area contributed by atoms with E-state index in [9.17, 15) is 9.59 Å². The monoisotopic (exact) mass is 366 g/mol. The summed E-state index contributed by atoms with van der Waals surface area (Å²) >= 11 is 0. The molecule has 1 spiro atoms. The normalized spacial score (nSPS) is 21.0. The van der Waals surface area contributed by atoms with Gasteiger partial charge in [-0.25, -0.2) is 4.79 Å². The van der Waals surface area contributed by atoms with Crippen LogP contribution in [0.1, 0.15) is 23.1 Å². The van der Waals surface area contributed by atoms with E-state index in [2.05, 4.69) is 5.32 Å². The van der Waals surface area contributed by atoms with Gasteiger partial charge < -0.3 is 14.8 Å². The van der Waals surface area contributed by atoms with Gasteiger partial charge in [-0.1, -0.05) is 36.4 Å². The van der Waals surface area contributed by atoms with Gasteiger partial charge in [0.05, 0.1) is 13.2 Å². The summed E-state index contributed by atoms with van der Waals surface area (Å²) in [6.07, 6.45) is 0.419. The third kappa shape index (κ3) is 2.81. The highest BCUT2D eigenvalue weighted by Gasteiger charge is 2.54. The Morgan fingerprint density at radius 2 is 1.85 bits per heavy atom. The van der Waals surface area contributed by atoms with Gasteiger partial charge >= 0.3 is 6.03 Å². The summed E-state index contributed by atoms with van der Waals surface area (Å²) in [7, 11) is 0. The zero-order valence-electron chi connectivity index (χ0n) is 15.5. The highest BCUT2D eigenvalue weighted by molar-refractivity contribution is 6.08. The van der Waals surface area contributed by atoms with Crippen molar-refractivity contribution in [3.05, 3.63) is 59.2 Å². The summed E-state index contributed by atoms with van der Waals surface area (Å²) in [5, 5.41) is 2.90. The maximum absolute atomic E-state index is 13.2. The molecule has 1 N–H and O–H groups in total. The molecule has 6 nitrogen and oxygen atoms in total. The number of nitrogens with zero attached hydrogens (tertiary/aromatic N) is 1. The fraction of sp³-hybridized carbons (Fsp3) is 0.333. The predicted octanol–water partition coefficient (Wildman–Crippen LogP) is 2.91. The fourth-order valence-corrected chi connectivity index (χ4v) is 3.84. The van der Waals surface area contributed by atoms with Crippen LogP contribution in [-0.4, -0.2) is 36.6 Å². The van der Waals surface area contributed by atoms with E-state index < -0.39 is 5.54 Å². The van der Waals surface area contributed by atoms with Crippen LogP contribution < -0.4 is 14.8 Å². The standard InChI is InChI=1S/C21H22N2O4/c1-14-6-5-7-15(2)18(14)27-13-11-23-19(24)21(22-20(23)25)10-12-26-17-9-4-3-8-16(17)21/h3-9H,10-13H2,1-2H3,(H,22,25)/t21-/m0/s1. The number of ether oxygens (including phenoxy) is 2. The number of rotatable bonds is 4. The second kappa shape index (κ2) is 6.61. The Morgan fingerprint density at radius 3 is 2.63 bits per heavy atom. The first-order valence-electron chi connectivity index (χ1n) is 9.08. The maximum atomic E-state index is 13.2. The number of hydrogen-bond donors (Lipinski definition) is 1. The average molecular weight is 366 g/mol. The molecule has 2 aliphatic heterocycles. The Balaban J connectivity index is 1.51. The highest BCUT2D eigenvalue weighted by Crippen LogP contribution is 2.40. The van der Waals surface area contributed by atoms with Crippen LogP contribution in [-0.2, 0) is 10.3 Å². The second-order valence-electron chi connectivity index (χ2n) is 6.96. The SMILES string of the molecule is Cc1cccc(C)c1OCCN1C(=O)N[C@]2(CCOc3ccccc32)C1=O. The minimum absolute atomic E-state index is 0.198. The Hall–Kier alpha value is -3.02. The van der Waals surface area contributed by atoms with Crippen LogP contribution in [0.15, 0.2) is 42.5 Å². The summed E-state index contributed by atoms with van der Waals surface area (Å²) in [5.74, 6) is 1.20. The number of hydrogen-bond acceptors (Lipinski definition) is 4. The molecule has 2 aliphatic rings. The van der Waals surface area contributed by atoms with Gasteiger partial charge in [0.15, 0.2) is 5.54 Å². The Kier molecular flexibility index (Phi) is 4.26. The molecule has 0 aliphatic carbocycles. The van der Waals surface area contributed by atoms with Gasteiger partial charge in [0, 0.05) is 12.0 Å². The summed E-state index contributed by atoms with van der Waals surface area (Å²) in [6.45, 7) is 4.78. The molecular formula is C21H22N2O4. The molecule has 2 aromatic rings. The molecule has 0 radical (unpaired) electrons. The van der Waals surface area contributed by atoms with Gasteiger partial charge in [0.25, 0.3) is 5.91 Å². The van der Waals surface area contributed by atoms with Crippen molar-refractivity contribution in [3.8, 4) is 11.5 Å². The summed E-state index contributed by atoms with van der Waals surface area (Å²) in [4.78, 5) is 27.0. The minimum Gasteiger partial charge on any atom is -0.493 e. The van der Waals surface area contributed by atoms with E-state index in [1.165, 1.54) is 4.90 Å². The lowest BCUT2D eigenvalue weighted by molar-refractivity contribution is -0.132. The van der Waals surface area contributed by atoms with Crippen molar-refractivity contribution in [3.63, 3.8) is 0 Å². The van der Waals surface area contributed by atoms with Gasteiger partial charge in [0.1, 0.15) is 18.1 Å². The molecule has 0 unspecified atom stereocenters. The van der Waals surface area contributed by atoms with Crippen LogP contribution in [0.5, 0.6) is 11.5 Å². The van der Waals surface area contributed by atoms with E-state index in [1.807, 2.05) is 56.3 Å². The highest BCUT2D eigenvalue weighted by atomic mass is 16.5. The predicted molar refractivity (Wildman–Crippen MR) is 99.9 cm³/mol. The number of imide groups is 1. The van der Waals surface area contributed by atoms with Crippen LogP contribution in [0.3, 0.4) is 0 Å². The third-order valence-corrected chi connectivity index (χ3v) is 5.23. The Morgan fingerprint density at radius 1 is 1.11 bits per heavy atom. The van der Waals surface area contributed by atoms with E-state index in [-0.39, 0.29) is 25.1 Å². The third-order valence-electron chi connectivity index (χ3n) is 5.23. The first-order chi connectivity index (χ1) is 13.0. The second-order valence-corrected chi connectivity index (χ2v) is 6.96. The quantitative estimate of drug-likeness (QED) is 0.845. The van der Waals surface area contributed by atoms with Gasteiger partial charge in [0.2, 0.25) is 0 Å². The fourth-order valence-electron chi connectivity index (χ4n) is 3.84. The van der Waals surface area contributed by atoms with Crippen molar-refractivity contribution >= 4 is 11.9 Å². The van der Waals surface area contributed by atoms with E-state index in [4.69, 9.17) is 9.47 Å². The van der Waals surface area contributed by atoms with Crippen molar-refractivity contribution in [2.24, 2.45) is 0 Å². The van der Waals surface area contributed by atoms with Crippen molar-refractivity contribution in [2.45, 2.75) is 25.8 Å². The number of benzene rings is 2. The number of aryl methyl sites for hydroxylation is 2. The first kappa shape index (κ1) is 17.4. The molecule has 27 heavy (non-hydrogen) atoms.